The lowest BCUT2D eigenvalue weighted by atomic mass is 10.0. The largest absolute Gasteiger partial charge is 0.623 e. The number of hydrogen-bond donors (Lipinski definition) is 0. The predicted molar refractivity (Wildman–Crippen MR) is 99.6 cm³/mol. The molecule has 0 aliphatic carbocycles. The first-order valence-corrected chi connectivity index (χ1v) is 8.51. The van der Waals surface area contributed by atoms with Crippen molar-refractivity contribution in [2.24, 2.45) is 4.99 Å². The molecule has 0 bridgehead atoms. The number of amidine groups is 1. The number of likely N-dealkylation sites (N-methyl/N-ethyl adjacent to an activating group) is 1. The highest BCUT2D eigenvalue weighted by Crippen LogP contribution is 2.28. The van der Waals surface area contributed by atoms with Crippen molar-refractivity contribution in [3.8, 4) is 0 Å². The Bertz CT molecular complexity index is 796. The molecular weight excluding hydrogens is 322 g/mol. The molecule has 0 saturated carbocycles. The Morgan fingerprint density at radius 1 is 1.12 bits per heavy atom. The van der Waals surface area contributed by atoms with Crippen molar-refractivity contribution in [2.75, 3.05) is 19.6 Å². The second-order valence-corrected chi connectivity index (χ2v) is 6.05. The van der Waals surface area contributed by atoms with Gasteiger partial charge in [-0.15, -0.1) is 0 Å². The van der Waals surface area contributed by atoms with E-state index in [4.69, 9.17) is 16.6 Å². The maximum atomic E-state index is 13.0. The van der Waals surface area contributed by atoms with Crippen molar-refractivity contribution >= 4 is 28.8 Å². The number of nitrogens with zero attached hydrogens (tertiary/aromatic N) is 3. The minimum atomic E-state index is 0.220. The first-order valence-electron chi connectivity index (χ1n) is 8.13. The Morgan fingerprint density at radius 2 is 1.83 bits per heavy atom. The number of halogens is 1. The molecule has 0 atom stereocenters. The molecule has 24 heavy (non-hydrogen) atoms. The second kappa shape index (κ2) is 7.05. The smallest absolute Gasteiger partial charge is 0.228 e. The lowest BCUT2D eigenvalue weighted by Crippen LogP contribution is -2.36. The summed E-state index contributed by atoms with van der Waals surface area (Å²) in [6.45, 7) is 5.98. The van der Waals surface area contributed by atoms with Gasteiger partial charge in [0.05, 0.1) is 11.3 Å². The van der Waals surface area contributed by atoms with Crippen molar-refractivity contribution in [3.05, 3.63) is 69.9 Å². The Kier molecular flexibility index (Phi) is 4.86. The van der Waals surface area contributed by atoms with E-state index in [0.29, 0.717) is 10.7 Å². The summed E-state index contributed by atoms with van der Waals surface area (Å²) in [7, 11) is 0. The molecule has 4 nitrogen and oxygen atoms in total. The van der Waals surface area contributed by atoms with Crippen LogP contribution >= 0.6 is 11.6 Å². The normalized spacial score (nSPS) is 14.0. The molecule has 0 amide bonds. The maximum Gasteiger partial charge on any atom is 0.228 e. The summed E-state index contributed by atoms with van der Waals surface area (Å²) in [6.07, 6.45) is 0. The maximum absolute atomic E-state index is 13.0. The van der Waals surface area contributed by atoms with E-state index in [-0.39, 0.29) is 6.54 Å². The molecule has 2 aromatic rings. The highest BCUT2D eigenvalue weighted by Gasteiger charge is 2.26. The predicted octanol–water partition coefficient (Wildman–Crippen LogP) is 4.07. The Morgan fingerprint density at radius 3 is 2.50 bits per heavy atom. The number of hydroxylamine groups is 1. The van der Waals surface area contributed by atoms with Crippen LogP contribution in [0.3, 0.4) is 0 Å². The van der Waals surface area contributed by atoms with Gasteiger partial charge in [0.15, 0.2) is 5.84 Å². The van der Waals surface area contributed by atoms with E-state index in [9.17, 15) is 5.21 Å². The van der Waals surface area contributed by atoms with Gasteiger partial charge in [-0.3, -0.25) is 0 Å². The number of rotatable bonds is 3. The van der Waals surface area contributed by atoms with Gasteiger partial charge in [0.25, 0.3) is 0 Å². The zero-order chi connectivity index (χ0) is 17.1. The van der Waals surface area contributed by atoms with E-state index in [1.807, 2.05) is 48.5 Å². The van der Waals surface area contributed by atoms with Crippen LogP contribution in [0.2, 0.25) is 5.02 Å². The number of fused-ring (bicyclic) bond motifs is 1. The van der Waals surface area contributed by atoms with Crippen LogP contribution in [0.25, 0.3) is 0 Å². The molecule has 0 N–H and O–H groups in total. The molecule has 0 spiro atoms. The molecule has 0 unspecified atom stereocenters. The fourth-order valence-electron chi connectivity index (χ4n) is 2.97. The average Bonchev–Trinajstić information content (AvgIpc) is 2.72. The summed E-state index contributed by atoms with van der Waals surface area (Å²) in [4.78, 5) is 6.88. The SMILES string of the molecule is CCN(CC)C1=Nc2ccc(Cl)cc2C(c2ccccc2)=[N+]([O-])C1. The minimum Gasteiger partial charge on any atom is -0.623 e. The molecule has 0 fully saturated rings. The Balaban J connectivity index is 2.22. The summed E-state index contributed by atoms with van der Waals surface area (Å²) in [5, 5.41) is 13.6. The molecule has 3 rings (SSSR count). The number of benzene rings is 2. The molecule has 0 radical (unpaired) electrons. The summed E-state index contributed by atoms with van der Waals surface area (Å²) < 4.78 is 1.02. The van der Waals surface area contributed by atoms with Gasteiger partial charge in [-0.2, -0.15) is 4.74 Å². The summed E-state index contributed by atoms with van der Waals surface area (Å²) in [6, 6.07) is 15.2. The molecule has 0 aromatic heterocycles. The summed E-state index contributed by atoms with van der Waals surface area (Å²) in [5.41, 5.74) is 3.02. The Hall–Kier alpha value is -2.33. The fraction of sp³-hybridized carbons (Fsp3) is 0.263. The summed E-state index contributed by atoms with van der Waals surface area (Å²) in [5.74, 6) is 0.782. The highest BCUT2D eigenvalue weighted by molar-refractivity contribution is 6.31. The first kappa shape index (κ1) is 16.5. The van der Waals surface area contributed by atoms with Gasteiger partial charge >= 0.3 is 0 Å². The van der Waals surface area contributed by atoms with Gasteiger partial charge in [0.2, 0.25) is 12.3 Å². The van der Waals surface area contributed by atoms with Crippen LogP contribution in [0.5, 0.6) is 0 Å². The standard InChI is InChI=1S/C19H20ClN3O/c1-3-22(4-2)18-13-23(24)19(14-8-6-5-7-9-14)16-12-15(20)10-11-17(16)21-18/h5-12H,3-4,13H2,1-2H3. The highest BCUT2D eigenvalue weighted by atomic mass is 35.5. The molecule has 2 aromatic carbocycles. The van der Waals surface area contributed by atoms with Gasteiger partial charge in [-0.1, -0.05) is 29.8 Å². The van der Waals surface area contributed by atoms with Crippen LogP contribution in [0, 0.1) is 5.21 Å². The lowest BCUT2D eigenvalue weighted by molar-refractivity contribution is -0.440. The van der Waals surface area contributed by atoms with Gasteiger partial charge in [-0.05, 0) is 44.2 Å². The third-order valence-electron chi connectivity index (χ3n) is 4.17. The van der Waals surface area contributed by atoms with Gasteiger partial charge in [0.1, 0.15) is 0 Å². The average molecular weight is 342 g/mol. The topological polar surface area (TPSA) is 41.7 Å². The van der Waals surface area contributed by atoms with E-state index in [2.05, 4.69) is 18.7 Å². The van der Waals surface area contributed by atoms with Crippen LogP contribution in [-0.2, 0) is 0 Å². The van der Waals surface area contributed by atoms with Crippen LogP contribution in [0.1, 0.15) is 25.0 Å². The third kappa shape index (κ3) is 3.15. The third-order valence-corrected chi connectivity index (χ3v) is 4.41. The molecule has 124 valence electrons. The van der Waals surface area contributed by atoms with Crippen LogP contribution in [0.15, 0.2) is 53.5 Å². The molecule has 1 aliphatic rings. The molecule has 1 aliphatic heterocycles. The summed E-state index contributed by atoms with van der Waals surface area (Å²) >= 11 is 6.19. The van der Waals surface area contributed by atoms with E-state index in [1.54, 1.807) is 0 Å². The van der Waals surface area contributed by atoms with E-state index < -0.39 is 0 Å². The van der Waals surface area contributed by atoms with Crippen molar-refractivity contribution in [1.82, 2.24) is 4.90 Å². The van der Waals surface area contributed by atoms with Crippen LogP contribution in [0.4, 0.5) is 5.69 Å². The monoisotopic (exact) mass is 341 g/mol. The molecule has 0 saturated heterocycles. The molecule has 5 heteroatoms. The van der Waals surface area contributed by atoms with E-state index in [1.165, 1.54) is 0 Å². The number of aliphatic imine (C=N–C) groups is 1. The van der Waals surface area contributed by atoms with Crippen LogP contribution in [-0.4, -0.2) is 40.8 Å². The van der Waals surface area contributed by atoms with Crippen molar-refractivity contribution in [2.45, 2.75) is 13.8 Å². The zero-order valence-electron chi connectivity index (χ0n) is 13.9. The lowest BCUT2D eigenvalue weighted by Gasteiger charge is -2.21. The molecular formula is C19H20ClN3O. The van der Waals surface area contributed by atoms with Crippen molar-refractivity contribution in [1.29, 1.82) is 0 Å². The van der Waals surface area contributed by atoms with Gasteiger partial charge < -0.3 is 10.1 Å². The van der Waals surface area contributed by atoms with Gasteiger partial charge in [0, 0.05) is 23.7 Å². The van der Waals surface area contributed by atoms with Crippen molar-refractivity contribution < 1.29 is 4.74 Å². The van der Waals surface area contributed by atoms with Crippen LogP contribution < -0.4 is 0 Å². The number of hydrogen-bond acceptors (Lipinski definition) is 3. The van der Waals surface area contributed by atoms with Gasteiger partial charge in [-0.25, -0.2) is 4.99 Å². The minimum absolute atomic E-state index is 0.220. The second-order valence-electron chi connectivity index (χ2n) is 5.61. The van der Waals surface area contributed by atoms with Crippen molar-refractivity contribution in [3.63, 3.8) is 0 Å². The Labute approximate surface area is 147 Å². The zero-order valence-corrected chi connectivity index (χ0v) is 14.6. The molecule has 1 heterocycles. The quantitative estimate of drug-likeness (QED) is 0.623. The van der Waals surface area contributed by atoms with E-state index in [0.717, 1.165) is 40.5 Å². The van der Waals surface area contributed by atoms with E-state index >= 15 is 0 Å². The first-order chi connectivity index (χ1) is 11.6. The fourth-order valence-corrected chi connectivity index (χ4v) is 3.14.